The van der Waals surface area contributed by atoms with Gasteiger partial charge in [0.1, 0.15) is 36.3 Å². The van der Waals surface area contributed by atoms with Crippen LogP contribution in [0.25, 0.3) is 0 Å². The first-order chi connectivity index (χ1) is 25.1. The zero-order chi connectivity index (χ0) is 41.7. The van der Waals surface area contributed by atoms with Crippen molar-refractivity contribution in [3.8, 4) is 0 Å². The Bertz CT molecular complexity index is 1370. The van der Waals surface area contributed by atoms with Crippen molar-refractivity contribution in [1.82, 2.24) is 31.9 Å². The molecule has 18 N–H and O–H groups in total. The number of hydrogen-bond donors (Lipinski definition) is 14. The van der Waals surface area contributed by atoms with Crippen LogP contribution in [0.1, 0.15) is 59.3 Å². The Morgan fingerprint density at radius 3 is 1.59 bits per heavy atom. The molecule has 0 saturated carbocycles. The zero-order valence-corrected chi connectivity index (χ0v) is 30.2. The molecule has 24 heteroatoms. The summed E-state index contributed by atoms with van der Waals surface area (Å²) in [5.74, 6) is -10.6. The first kappa shape index (κ1) is 48.4. The van der Waals surface area contributed by atoms with E-state index in [0.717, 1.165) is 0 Å². The van der Waals surface area contributed by atoms with E-state index in [9.17, 15) is 53.4 Å². The van der Waals surface area contributed by atoms with E-state index >= 15 is 0 Å². The fraction of sp³-hybridized carbons (Fsp3) is 0.667. The van der Waals surface area contributed by atoms with E-state index in [-0.39, 0.29) is 31.3 Å². The normalized spacial score (nSPS) is 14.7. The Morgan fingerprint density at radius 2 is 1.09 bits per heavy atom. The molecule has 306 valence electrons. The van der Waals surface area contributed by atoms with Crippen LogP contribution in [0.3, 0.4) is 0 Å². The van der Waals surface area contributed by atoms with Gasteiger partial charge in [0.15, 0.2) is 5.96 Å². The highest BCUT2D eigenvalue weighted by Gasteiger charge is 2.34. The Hall–Kier alpha value is -5.62. The van der Waals surface area contributed by atoms with Crippen LogP contribution in [0.4, 0.5) is 0 Å². The number of carboxylic acids is 2. The van der Waals surface area contributed by atoms with Crippen molar-refractivity contribution < 1.29 is 63.6 Å². The Kier molecular flexibility index (Phi) is 22.0. The molecule has 0 bridgehead atoms. The first-order valence-electron chi connectivity index (χ1n) is 16.7. The average molecular weight is 776 g/mol. The number of nitrogens with one attached hydrogen (secondary N) is 6. The number of carboxylic acid groups (broad SMARTS) is 2. The fourth-order valence-corrected chi connectivity index (χ4v) is 4.45. The quantitative estimate of drug-likeness (QED) is 0.0220. The van der Waals surface area contributed by atoms with Crippen molar-refractivity contribution in [3.63, 3.8) is 0 Å². The third-order valence-corrected chi connectivity index (χ3v) is 7.33. The molecule has 7 atom stereocenters. The van der Waals surface area contributed by atoms with Gasteiger partial charge in [-0.1, -0.05) is 13.8 Å². The number of aliphatic carboxylic acids is 2. The van der Waals surface area contributed by atoms with Crippen LogP contribution in [-0.2, 0) is 43.2 Å². The largest absolute Gasteiger partial charge is 0.481 e. The lowest BCUT2D eigenvalue weighted by atomic mass is 10.0. The maximum Gasteiger partial charge on any atom is 0.328 e. The molecule has 0 saturated heterocycles. The number of amides is 7. The number of primary amides is 1. The van der Waals surface area contributed by atoms with E-state index in [1.165, 1.54) is 6.92 Å². The van der Waals surface area contributed by atoms with Gasteiger partial charge in [0, 0.05) is 13.0 Å². The predicted molar refractivity (Wildman–Crippen MR) is 187 cm³/mol. The highest BCUT2D eigenvalue weighted by Crippen LogP contribution is 2.09. The second kappa shape index (κ2) is 24.6. The molecule has 0 heterocycles. The van der Waals surface area contributed by atoms with Crippen LogP contribution < -0.4 is 54.8 Å². The van der Waals surface area contributed by atoms with Gasteiger partial charge in [-0.15, -0.1) is 0 Å². The number of guanidine groups is 1. The number of aliphatic hydroxyl groups excluding tert-OH is 2. The van der Waals surface area contributed by atoms with E-state index in [4.69, 9.17) is 33.1 Å². The fourth-order valence-electron chi connectivity index (χ4n) is 4.45. The van der Waals surface area contributed by atoms with Crippen LogP contribution >= 0.6 is 0 Å². The van der Waals surface area contributed by atoms with Crippen LogP contribution in [0, 0.1) is 5.92 Å². The summed E-state index contributed by atoms with van der Waals surface area (Å²) in [5, 5.41) is 50.6. The standard InChI is InChI=1S/C30H53N11O13/c1-13(2)9-17(26(50)37-16(6-7-22(45)46)25(49)41-20(12-43)29(53)54)38-27(51)18(10-21(32)44)39-28(52)19(11-42)40-23(47)14(3)36-24(48)15(31)5-4-8-35-30(33)34/h13-20,42-43H,4-12,31H2,1-3H3,(H2,32,44)(H,36,48)(H,37,50)(H,38,51)(H,39,52)(H,40,47)(H,41,49)(H,45,46)(H,53,54)(H4,33,34,35)/t14-,15-,16-,17-,18-,19-,20-/m0/s1. The predicted octanol–water partition coefficient (Wildman–Crippen LogP) is -6.85. The Balaban J connectivity index is 5.86. The molecular formula is C30H53N11O13. The van der Waals surface area contributed by atoms with E-state index in [0.29, 0.717) is 6.42 Å². The Morgan fingerprint density at radius 1 is 0.611 bits per heavy atom. The zero-order valence-electron chi connectivity index (χ0n) is 30.2. The van der Waals surface area contributed by atoms with Gasteiger partial charge in [0.25, 0.3) is 0 Å². The number of nitrogens with zero attached hydrogens (tertiary/aromatic N) is 1. The maximum absolute atomic E-state index is 13.4. The third-order valence-electron chi connectivity index (χ3n) is 7.33. The van der Waals surface area contributed by atoms with Crippen molar-refractivity contribution in [1.29, 1.82) is 0 Å². The summed E-state index contributed by atoms with van der Waals surface area (Å²) >= 11 is 0. The summed E-state index contributed by atoms with van der Waals surface area (Å²) < 4.78 is 0. The summed E-state index contributed by atoms with van der Waals surface area (Å²) in [6.07, 6.45) is -1.57. The van der Waals surface area contributed by atoms with Gasteiger partial charge < -0.3 is 75.3 Å². The first-order valence-corrected chi connectivity index (χ1v) is 16.7. The smallest absolute Gasteiger partial charge is 0.328 e. The minimum atomic E-state index is -1.78. The van der Waals surface area contributed by atoms with Crippen molar-refractivity contribution in [2.45, 2.75) is 102 Å². The molecule has 0 aliphatic carbocycles. The average Bonchev–Trinajstić information content (AvgIpc) is 3.07. The molecule has 0 aromatic heterocycles. The van der Waals surface area contributed by atoms with Gasteiger partial charge in [-0.2, -0.15) is 0 Å². The third kappa shape index (κ3) is 19.3. The number of rotatable bonds is 26. The molecule has 24 nitrogen and oxygen atoms in total. The number of aliphatic imine (C=N–C) groups is 1. The second-order valence-corrected chi connectivity index (χ2v) is 12.5. The van der Waals surface area contributed by atoms with Gasteiger partial charge in [0.05, 0.1) is 25.7 Å². The number of nitrogens with two attached hydrogens (primary N) is 4. The minimum absolute atomic E-state index is 0.102. The molecule has 7 amide bonds. The molecule has 0 aromatic rings. The lowest BCUT2D eigenvalue weighted by Gasteiger charge is -2.27. The van der Waals surface area contributed by atoms with Gasteiger partial charge >= 0.3 is 11.9 Å². The molecule has 0 spiro atoms. The highest BCUT2D eigenvalue weighted by molar-refractivity contribution is 5.98. The summed E-state index contributed by atoms with van der Waals surface area (Å²) in [4.78, 5) is 116. The minimum Gasteiger partial charge on any atom is -0.481 e. The number of carbonyl (C=O) groups is 9. The number of aliphatic hydroxyl groups is 2. The molecule has 0 aliphatic rings. The monoisotopic (exact) mass is 775 g/mol. The van der Waals surface area contributed by atoms with Gasteiger partial charge in [-0.05, 0) is 38.5 Å². The second-order valence-electron chi connectivity index (χ2n) is 12.5. The van der Waals surface area contributed by atoms with Crippen LogP contribution in [-0.4, -0.2) is 142 Å². The topological polar surface area (TPSA) is 423 Å². The molecule has 0 aliphatic heterocycles. The van der Waals surface area contributed by atoms with Crippen molar-refractivity contribution in [3.05, 3.63) is 0 Å². The van der Waals surface area contributed by atoms with Gasteiger partial charge in [-0.25, -0.2) is 4.79 Å². The summed E-state index contributed by atoms with van der Waals surface area (Å²) in [7, 11) is 0. The number of carbonyl (C=O) groups excluding carboxylic acids is 7. The molecule has 0 fully saturated rings. The summed E-state index contributed by atoms with van der Waals surface area (Å²) in [6.45, 7) is 2.76. The molecule has 0 radical (unpaired) electrons. The van der Waals surface area contributed by atoms with Crippen LogP contribution in [0.2, 0.25) is 0 Å². The van der Waals surface area contributed by atoms with E-state index in [1.807, 2.05) is 5.32 Å². The number of hydrogen-bond acceptors (Lipinski definition) is 13. The van der Waals surface area contributed by atoms with Crippen LogP contribution in [0.15, 0.2) is 4.99 Å². The lowest BCUT2D eigenvalue weighted by Crippen LogP contribution is -2.60. The van der Waals surface area contributed by atoms with Crippen molar-refractivity contribution >= 4 is 59.2 Å². The van der Waals surface area contributed by atoms with Crippen LogP contribution in [0.5, 0.6) is 0 Å². The van der Waals surface area contributed by atoms with E-state index in [2.05, 4.69) is 31.6 Å². The van der Waals surface area contributed by atoms with Crippen molar-refractivity contribution in [2.75, 3.05) is 19.8 Å². The summed E-state index contributed by atoms with van der Waals surface area (Å²) in [5.41, 5.74) is 21.6. The maximum atomic E-state index is 13.4. The van der Waals surface area contributed by atoms with Gasteiger partial charge in [0.2, 0.25) is 41.4 Å². The molecule has 0 rings (SSSR count). The molecule has 54 heavy (non-hydrogen) atoms. The van der Waals surface area contributed by atoms with Gasteiger partial charge in [-0.3, -0.25) is 43.3 Å². The van der Waals surface area contributed by atoms with E-state index < -0.39 is 128 Å². The molecule has 0 aromatic carbocycles. The molecule has 0 unspecified atom stereocenters. The highest BCUT2D eigenvalue weighted by atomic mass is 16.4. The van der Waals surface area contributed by atoms with Crippen molar-refractivity contribution in [2.24, 2.45) is 33.8 Å². The Labute approximate surface area is 310 Å². The van der Waals surface area contributed by atoms with E-state index in [1.54, 1.807) is 13.8 Å². The SMILES string of the molecule is CC(C)C[C@H](NC(=O)[C@H](CC(N)=O)NC(=O)[C@H](CO)NC(=O)[C@H](C)NC(=O)[C@@H](N)CCCN=C(N)N)C(=O)N[C@@H](CCC(=O)O)C(=O)N[C@@H](CO)C(=O)O. The molecular weight excluding hydrogens is 722 g/mol. The lowest BCUT2D eigenvalue weighted by molar-refractivity contribution is -0.144. The summed E-state index contributed by atoms with van der Waals surface area (Å²) in [6, 6.07) is -10.7.